The number of hydrogen-bond acceptors (Lipinski definition) is 5. The average molecular weight is 367 g/mol. The van der Waals surface area contributed by atoms with Gasteiger partial charge in [0.2, 0.25) is 0 Å². The van der Waals surface area contributed by atoms with Gasteiger partial charge in [-0.15, -0.1) is 0 Å². The lowest BCUT2D eigenvalue weighted by Crippen LogP contribution is -2.27. The van der Waals surface area contributed by atoms with Crippen LogP contribution in [0.4, 0.5) is 0 Å². The first-order valence-corrected chi connectivity index (χ1v) is 8.55. The first kappa shape index (κ1) is 18.4. The van der Waals surface area contributed by atoms with Crippen LogP contribution in [0.15, 0.2) is 48.5 Å². The zero-order valence-corrected chi connectivity index (χ0v) is 15.3. The molecule has 1 amide bonds. The number of benzene rings is 2. The van der Waals surface area contributed by atoms with Gasteiger partial charge in [0, 0.05) is 18.5 Å². The molecular formula is C20H21N3O4. The van der Waals surface area contributed by atoms with Crippen LogP contribution in [-0.4, -0.2) is 42.2 Å². The molecule has 0 fully saturated rings. The van der Waals surface area contributed by atoms with E-state index in [1.54, 1.807) is 31.4 Å². The van der Waals surface area contributed by atoms with Gasteiger partial charge in [0.25, 0.3) is 5.91 Å². The predicted molar refractivity (Wildman–Crippen MR) is 101 cm³/mol. The summed E-state index contributed by atoms with van der Waals surface area (Å²) in [6, 6.07) is 14.5. The van der Waals surface area contributed by atoms with Crippen LogP contribution in [0.3, 0.4) is 0 Å². The van der Waals surface area contributed by atoms with Crippen molar-refractivity contribution >= 4 is 22.9 Å². The molecule has 0 saturated carbocycles. The Kier molecular flexibility index (Phi) is 5.71. The minimum absolute atomic E-state index is 0.0795. The van der Waals surface area contributed by atoms with Crippen LogP contribution < -0.4 is 10.1 Å². The molecule has 1 aromatic heterocycles. The molecule has 7 heteroatoms. The Labute approximate surface area is 156 Å². The molecule has 7 nitrogen and oxygen atoms in total. The summed E-state index contributed by atoms with van der Waals surface area (Å²) in [5.41, 5.74) is 2.19. The third kappa shape index (κ3) is 4.25. The zero-order valence-electron chi connectivity index (χ0n) is 15.3. The molecule has 27 heavy (non-hydrogen) atoms. The third-order valence-electron chi connectivity index (χ3n) is 4.21. The summed E-state index contributed by atoms with van der Waals surface area (Å²) in [6.07, 6.45) is 0.487. The van der Waals surface area contributed by atoms with E-state index in [0.717, 1.165) is 11.0 Å². The molecule has 0 unspecified atom stereocenters. The summed E-state index contributed by atoms with van der Waals surface area (Å²) in [5, 5.41) is 2.87. The van der Waals surface area contributed by atoms with Crippen molar-refractivity contribution in [1.82, 2.24) is 14.9 Å². The van der Waals surface area contributed by atoms with Crippen LogP contribution in [0.2, 0.25) is 0 Å². The standard InChI is InChI=1S/C20H21N3O4/c1-26-15-7-5-6-14(12-15)20(25)21-11-10-18-22-16-8-3-4-9-17(16)23(18)13-19(24)27-2/h3-9,12H,10-11,13H2,1-2H3,(H,21,25). The van der Waals surface area contributed by atoms with Gasteiger partial charge in [0.1, 0.15) is 18.1 Å². The van der Waals surface area contributed by atoms with Crippen molar-refractivity contribution in [2.24, 2.45) is 0 Å². The van der Waals surface area contributed by atoms with E-state index >= 15 is 0 Å². The second kappa shape index (κ2) is 8.35. The molecule has 0 atom stereocenters. The second-order valence-corrected chi connectivity index (χ2v) is 5.92. The molecule has 140 valence electrons. The van der Waals surface area contributed by atoms with Crippen LogP contribution in [0, 0.1) is 0 Å². The molecule has 0 aliphatic heterocycles. The van der Waals surface area contributed by atoms with Crippen molar-refractivity contribution in [2.45, 2.75) is 13.0 Å². The monoisotopic (exact) mass is 367 g/mol. The van der Waals surface area contributed by atoms with E-state index in [9.17, 15) is 9.59 Å². The number of aromatic nitrogens is 2. The Morgan fingerprint density at radius 3 is 2.70 bits per heavy atom. The van der Waals surface area contributed by atoms with Crippen molar-refractivity contribution < 1.29 is 19.1 Å². The van der Waals surface area contributed by atoms with Crippen molar-refractivity contribution in [2.75, 3.05) is 20.8 Å². The van der Waals surface area contributed by atoms with E-state index in [0.29, 0.717) is 30.1 Å². The van der Waals surface area contributed by atoms with Gasteiger partial charge >= 0.3 is 5.97 Å². The summed E-state index contributed by atoms with van der Waals surface area (Å²) < 4.78 is 11.7. The summed E-state index contributed by atoms with van der Waals surface area (Å²) in [6.45, 7) is 0.469. The number of para-hydroxylation sites is 2. The van der Waals surface area contributed by atoms with Gasteiger partial charge in [-0.05, 0) is 30.3 Å². The highest BCUT2D eigenvalue weighted by atomic mass is 16.5. The maximum atomic E-state index is 12.3. The molecule has 0 spiro atoms. The van der Waals surface area contributed by atoms with E-state index in [2.05, 4.69) is 10.3 Å². The lowest BCUT2D eigenvalue weighted by molar-refractivity contribution is -0.141. The summed E-state index contributed by atoms with van der Waals surface area (Å²) in [7, 11) is 2.91. The van der Waals surface area contributed by atoms with Gasteiger partial charge in [0.05, 0.1) is 25.3 Å². The van der Waals surface area contributed by atoms with Crippen LogP contribution in [0.5, 0.6) is 5.75 Å². The Balaban J connectivity index is 1.71. The quantitative estimate of drug-likeness (QED) is 0.647. The van der Waals surface area contributed by atoms with E-state index in [1.165, 1.54) is 7.11 Å². The van der Waals surface area contributed by atoms with Gasteiger partial charge in [-0.3, -0.25) is 9.59 Å². The highest BCUT2D eigenvalue weighted by Crippen LogP contribution is 2.17. The maximum absolute atomic E-state index is 12.3. The maximum Gasteiger partial charge on any atom is 0.325 e. The van der Waals surface area contributed by atoms with Crippen LogP contribution in [0.1, 0.15) is 16.2 Å². The lowest BCUT2D eigenvalue weighted by atomic mass is 10.2. The molecule has 0 saturated heterocycles. The molecule has 1 heterocycles. The fourth-order valence-electron chi connectivity index (χ4n) is 2.84. The first-order chi connectivity index (χ1) is 13.1. The zero-order chi connectivity index (χ0) is 19.2. The molecule has 3 rings (SSSR count). The van der Waals surface area contributed by atoms with E-state index in [-0.39, 0.29) is 18.4 Å². The van der Waals surface area contributed by atoms with Crippen LogP contribution in [-0.2, 0) is 22.5 Å². The summed E-state index contributed by atoms with van der Waals surface area (Å²) in [4.78, 5) is 28.6. The summed E-state index contributed by atoms with van der Waals surface area (Å²) in [5.74, 6) is 0.805. The Bertz CT molecular complexity index is 965. The number of rotatable bonds is 7. The van der Waals surface area contributed by atoms with Gasteiger partial charge in [0.15, 0.2) is 0 Å². The minimum atomic E-state index is -0.347. The molecule has 3 aromatic rings. The third-order valence-corrected chi connectivity index (χ3v) is 4.21. The molecule has 1 N–H and O–H groups in total. The molecule has 0 aliphatic rings. The average Bonchev–Trinajstić information content (AvgIpc) is 3.05. The minimum Gasteiger partial charge on any atom is -0.497 e. The van der Waals surface area contributed by atoms with E-state index in [4.69, 9.17) is 9.47 Å². The summed E-state index contributed by atoms with van der Waals surface area (Å²) >= 11 is 0. The van der Waals surface area contributed by atoms with Crippen molar-refractivity contribution in [3.8, 4) is 5.75 Å². The second-order valence-electron chi connectivity index (χ2n) is 5.92. The highest BCUT2D eigenvalue weighted by Gasteiger charge is 2.14. The van der Waals surface area contributed by atoms with Crippen molar-refractivity contribution in [3.05, 3.63) is 59.9 Å². The molecule has 0 aliphatic carbocycles. The number of fused-ring (bicyclic) bond motifs is 1. The Morgan fingerprint density at radius 2 is 1.93 bits per heavy atom. The molecule has 0 radical (unpaired) electrons. The van der Waals surface area contributed by atoms with Gasteiger partial charge in [-0.2, -0.15) is 0 Å². The van der Waals surface area contributed by atoms with Crippen LogP contribution >= 0.6 is 0 Å². The normalized spacial score (nSPS) is 10.6. The smallest absolute Gasteiger partial charge is 0.325 e. The Morgan fingerprint density at radius 1 is 1.11 bits per heavy atom. The number of methoxy groups -OCH3 is 2. The van der Waals surface area contributed by atoms with Gasteiger partial charge in [-0.25, -0.2) is 4.98 Å². The van der Waals surface area contributed by atoms with Crippen molar-refractivity contribution in [3.63, 3.8) is 0 Å². The number of esters is 1. The lowest BCUT2D eigenvalue weighted by Gasteiger charge is -2.09. The number of nitrogens with one attached hydrogen (secondary N) is 1. The number of amides is 1. The van der Waals surface area contributed by atoms with Crippen LogP contribution in [0.25, 0.3) is 11.0 Å². The van der Waals surface area contributed by atoms with Gasteiger partial charge < -0.3 is 19.4 Å². The Hall–Kier alpha value is -3.35. The number of nitrogens with zero attached hydrogens (tertiary/aromatic N) is 2. The fraction of sp³-hybridized carbons (Fsp3) is 0.250. The predicted octanol–water partition coefficient (Wildman–Crippen LogP) is 2.19. The van der Waals surface area contributed by atoms with E-state index in [1.807, 2.05) is 28.8 Å². The van der Waals surface area contributed by atoms with Gasteiger partial charge in [-0.1, -0.05) is 18.2 Å². The van der Waals surface area contributed by atoms with Crippen molar-refractivity contribution in [1.29, 1.82) is 0 Å². The number of ether oxygens (including phenoxy) is 2. The fourth-order valence-corrected chi connectivity index (χ4v) is 2.84. The number of hydrogen-bond donors (Lipinski definition) is 1. The van der Waals surface area contributed by atoms with E-state index < -0.39 is 0 Å². The molecule has 0 bridgehead atoms. The molecular weight excluding hydrogens is 346 g/mol. The first-order valence-electron chi connectivity index (χ1n) is 8.55. The number of imidazole rings is 1. The topological polar surface area (TPSA) is 82.5 Å². The SMILES string of the molecule is COC(=O)Cn1c(CCNC(=O)c2cccc(OC)c2)nc2ccccc21. The largest absolute Gasteiger partial charge is 0.497 e. The molecule has 2 aromatic carbocycles. The number of carbonyl (C=O) groups is 2. The number of carbonyl (C=O) groups excluding carboxylic acids is 2. The highest BCUT2D eigenvalue weighted by molar-refractivity contribution is 5.94.